The van der Waals surface area contributed by atoms with Gasteiger partial charge in [0, 0.05) is 34.6 Å². The van der Waals surface area contributed by atoms with Crippen LogP contribution in [0.15, 0.2) is 64.2 Å². The molecule has 4 aromatic rings. The van der Waals surface area contributed by atoms with Crippen molar-refractivity contribution in [1.29, 1.82) is 0 Å². The maximum Gasteiger partial charge on any atom is 0.261 e. The van der Waals surface area contributed by atoms with Gasteiger partial charge >= 0.3 is 0 Å². The maximum atomic E-state index is 12.8. The lowest BCUT2D eigenvalue weighted by Gasteiger charge is -2.16. The van der Waals surface area contributed by atoms with Crippen molar-refractivity contribution in [3.63, 3.8) is 0 Å². The van der Waals surface area contributed by atoms with E-state index in [9.17, 15) is 4.79 Å². The molecule has 0 saturated carbocycles. The number of pyridine rings is 3. The minimum atomic E-state index is -0.137. The Hall–Kier alpha value is -3.15. The zero-order valence-corrected chi connectivity index (χ0v) is 22.3. The lowest BCUT2D eigenvalue weighted by Crippen LogP contribution is -2.26. The topological polar surface area (TPSA) is 115 Å². The lowest BCUT2D eigenvalue weighted by molar-refractivity contribution is 0.0992. The highest BCUT2D eigenvalue weighted by Gasteiger charge is 2.20. The Labute approximate surface area is 214 Å². The Balaban J connectivity index is 0.000000271. The van der Waals surface area contributed by atoms with Crippen molar-refractivity contribution in [2.24, 2.45) is 5.84 Å². The van der Waals surface area contributed by atoms with Crippen molar-refractivity contribution in [2.45, 2.75) is 20.8 Å². The molecule has 34 heavy (non-hydrogen) atoms. The predicted octanol–water partition coefficient (Wildman–Crippen LogP) is 4.76. The van der Waals surface area contributed by atoms with Crippen LogP contribution in [0, 0.1) is 20.8 Å². The molecule has 4 rings (SSSR count). The molecule has 0 aromatic carbocycles. The number of nitrogens with two attached hydrogens (primary N) is 1. The van der Waals surface area contributed by atoms with Crippen molar-refractivity contribution >= 4 is 49.3 Å². The van der Waals surface area contributed by atoms with Gasteiger partial charge in [-0.1, -0.05) is 0 Å². The number of aryl methyl sites for hydroxylation is 2. The van der Waals surface area contributed by atoms with Gasteiger partial charge in [0.2, 0.25) is 0 Å². The SMILES string of the molecule is Cc1cc(Br)cnc1-n1ncc(C(=O)N(C)c2cccnc2)c1C.Cc1cc(Br)cnc1NN. The minimum absolute atomic E-state index is 0.137. The fourth-order valence-electron chi connectivity index (χ4n) is 3.13. The van der Waals surface area contributed by atoms with Crippen LogP contribution in [0.3, 0.4) is 0 Å². The van der Waals surface area contributed by atoms with Crippen LogP contribution in [-0.4, -0.2) is 37.7 Å². The summed E-state index contributed by atoms with van der Waals surface area (Å²) >= 11 is 6.70. The van der Waals surface area contributed by atoms with Gasteiger partial charge in [0.1, 0.15) is 5.82 Å². The van der Waals surface area contributed by atoms with E-state index in [4.69, 9.17) is 5.84 Å². The van der Waals surface area contributed by atoms with E-state index < -0.39 is 0 Å². The fourth-order valence-corrected chi connectivity index (χ4v) is 4.02. The van der Waals surface area contributed by atoms with Gasteiger partial charge in [-0.15, -0.1) is 0 Å². The average molecular weight is 588 g/mol. The monoisotopic (exact) mass is 586 g/mol. The first kappa shape index (κ1) is 25.5. The zero-order valence-electron chi connectivity index (χ0n) is 19.1. The highest BCUT2D eigenvalue weighted by atomic mass is 79.9. The number of rotatable bonds is 4. The summed E-state index contributed by atoms with van der Waals surface area (Å²) in [5.74, 6) is 6.45. The Morgan fingerprint density at radius 1 is 1.03 bits per heavy atom. The summed E-state index contributed by atoms with van der Waals surface area (Å²) in [7, 11) is 1.72. The van der Waals surface area contributed by atoms with Crippen LogP contribution in [0.25, 0.3) is 5.82 Å². The Kier molecular flexibility index (Phi) is 8.48. The summed E-state index contributed by atoms with van der Waals surface area (Å²) in [6.07, 6.45) is 8.31. The van der Waals surface area contributed by atoms with Gasteiger partial charge in [-0.25, -0.2) is 20.5 Å². The molecule has 9 nitrogen and oxygen atoms in total. The summed E-state index contributed by atoms with van der Waals surface area (Å²) in [4.78, 5) is 26.8. The molecule has 176 valence electrons. The van der Waals surface area contributed by atoms with E-state index in [1.807, 2.05) is 39.0 Å². The average Bonchev–Trinajstić information content (AvgIpc) is 3.20. The van der Waals surface area contributed by atoms with Crippen molar-refractivity contribution in [3.05, 3.63) is 86.6 Å². The molecule has 0 spiro atoms. The van der Waals surface area contributed by atoms with E-state index in [0.29, 0.717) is 17.2 Å². The molecule has 0 bridgehead atoms. The minimum Gasteiger partial charge on any atom is -0.310 e. The van der Waals surface area contributed by atoms with Crippen LogP contribution in [-0.2, 0) is 0 Å². The molecular formula is C23H24Br2N8O. The number of hydrogen-bond acceptors (Lipinski definition) is 7. The van der Waals surface area contributed by atoms with Crippen molar-refractivity contribution in [3.8, 4) is 5.82 Å². The summed E-state index contributed by atoms with van der Waals surface area (Å²) in [5.41, 5.74) is 6.49. The number of carbonyl (C=O) groups is 1. The summed E-state index contributed by atoms with van der Waals surface area (Å²) < 4.78 is 3.55. The number of amides is 1. The van der Waals surface area contributed by atoms with E-state index in [1.54, 1.807) is 53.7 Å². The molecular weight excluding hydrogens is 564 g/mol. The van der Waals surface area contributed by atoms with E-state index >= 15 is 0 Å². The molecule has 0 radical (unpaired) electrons. The van der Waals surface area contributed by atoms with Gasteiger partial charge < -0.3 is 10.3 Å². The van der Waals surface area contributed by atoms with Crippen LogP contribution in [0.5, 0.6) is 0 Å². The third kappa shape index (κ3) is 5.85. The molecule has 0 fully saturated rings. The number of aromatic nitrogens is 5. The second-order valence-corrected chi connectivity index (χ2v) is 9.22. The van der Waals surface area contributed by atoms with E-state index in [2.05, 4.69) is 57.3 Å². The first-order valence-electron chi connectivity index (χ1n) is 10.2. The number of hydrazine groups is 1. The molecule has 0 saturated heterocycles. The smallest absolute Gasteiger partial charge is 0.261 e. The predicted molar refractivity (Wildman–Crippen MR) is 140 cm³/mol. The largest absolute Gasteiger partial charge is 0.310 e. The summed E-state index contributed by atoms with van der Waals surface area (Å²) in [6, 6.07) is 7.55. The Morgan fingerprint density at radius 3 is 2.29 bits per heavy atom. The summed E-state index contributed by atoms with van der Waals surface area (Å²) in [6.45, 7) is 5.75. The first-order chi connectivity index (χ1) is 16.2. The number of nitrogen functional groups attached to an aromatic ring is 1. The lowest BCUT2D eigenvalue weighted by atomic mass is 10.2. The van der Waals surface area contributed by atoms with Crippen LogP contribution in [0.2, 0.25) is 0 Å². The van der Waals surface area contributed by atoms with Crippen LogP contribution in [0.1, 0.15) is 27.2 Å². The second kappa shape index (κ2) is 11.3. The molecule has 11 heteroatoms. The highest BCUT2D eigenvalue weighted by Crippen LogP contribution is 2.21. The quantitative estimate of drug-likeness (QED) is 0.261. The maximum absolute atomic E-state index is 12.8. The van der Waals surface area contributed by atoms with Crippen LogP contribution >= 0.6 is 31.9 Å². The second-order valence-electron chi connectivity index (χ2n) is 7.39. The molecule has 4 heterocycles. The highest BCUT2D eigenvalue weighted by molar-refractivity contribution is 9.10. The summed E-state index contributed by atoms with van der Waals surface area (Å²) in [5, 5.41) is 4.35. The van der Waals surface area contributed by atoms with E-state index in [-0.39, 0.29) is 5.91 Å². The first-order valence-corrected chi connectivity index (χ1v) is 11.8. The van der Waals surface area contributed by atoms with E-state index in [0.717, 1.165) is 31.5 Å². The molecule has 0 aliphatic heterocycles. The van der Waals surface area contributed by atoms with Gasteiger partial charge in [-0.05, 0) is 88.0 Å². The molecule has 0 atom stereocenters. The zero-order chi connectivity index (χ0) is 24.8. The van der Waals surface area contributed by atoms with Gasteiger partial charge in [0.15, 0.2) is 5.82 Å². The van der Waals surface area contributed by atoms with E-state index in [1.165, 1.54) is 0 Å². The van der Waals surface area contributed by atoms with Crippen molar-refractivity contribution in [1.82, 2.24) is 24.7 Å². The molecule has 1 amide bonds. The van der Waals surface area contributed by atoms with Crippen LogP contribution < -0.4 is 16.2 Å². The van der Waals surface area contributed by atoms with Gasteiger partial charge in [-0.3, -0.25) is 9.78 Å². The Bertz CT molecular complexity index is 1290. The molecule has 4 aromatic heterocycles. The van der Waals surface area contributed by atoms with Crippen molar-refractivity contribution < 1.29 is 4.79 Å². The standard InChI is InChI=1S/C17H16BrN5O.C6H8BrN3/c1-11-7-13(18)8-20-16(11)23-12(2)15(10-21-23)17(24)22(3)14-5-4-6-19-9-14;1-4-2-5(7)3-9-6(4)10-8/h4-10H,1-3H3;2-3H,8H2,1H3,(H,9,10). The molecule has 0 aliphatic rings. The number of anilines is 2. The van der Waals surface area contributed by atoms with Crippen LogP contribution in [0.4, 0.5) is 11.5 Å². The number of halogens is 2. The fraction of sp³-hybridized carbons (Fsp3) is 0.174. The number of nitrogens with one attached hydrogen (secondary N) is 1. The normalized spacial score (nSPS) is 10.3. The third-order valence-corrected chi connectivity index (χ3v) is 5.84. The number of carbonyl (C=O) groups excluding carboxylic acids is 1. The van der Waals surface area contributed by atoms with Gasteiger partial charge in [0.05, 0.1) is 29.3 Å². The van der Waals surface area contributed by atoms with Gasteiger partial charge in [-0.2, -0.15) is 5.10 Å². The number of nitrogens with zero attached hydrogens (tertiary/aromatic N) is 6. The van der Waals surface area contributed by atoms with Crippen molar-refractivity contribution in [2.75, 3.05) is 17.4 Å². The van der Waals surface area contributed by atoms with Gasteiger partial charge in [0.25, 0.3) is 5.91 Å². The molecule has 3 N–H and O–H groups in total. The third-order valence-electron chi connectivity index (χ3n) is 4.98. The Morgan fingerprint density at radius 2 is 1.71 bits per heavy atom. The number of hydrogen-bond donors (Lipinski definition) is 2. The molecule has 0 aliphatic carbocycles. The molecule has 0 unspecified atom stereocenters.